The van der Waals surface area contributed by atoms with Crippen LogP contribution in [0, 0.1) is 0 Å². The van der Waals surface area contributed by atoms with Gasteiger partial charge in [-0.15, -0.1) is 0 Å². The SMILES string of the molecule is CN(CC(=O)Nc1cnn(C)c1)c1nc(-c2cc(OCCF)ccn2)nc2c1CCC2. The monoisotopic (exact) mass is 425 g/mol. The Bertz CT molecular complexity index is 1090. The Kier molecular flexibility index (Phi) is 6.06. The minimum Gasteiger partial charge on any atom is -0.491 e. The molecule has 0 saturated carbocycles. The molecule has 9 nitrogen and oxygen atoms in total. The van der Waals surface area contributed by atoms with Crippen molar-refractivity contribution in [2.24, 2.45) is 7.05 Å². The van der Waals surface area contributed by atoms with Crippen LogP contribution < -0.4 is 15.0 Å². The fourth-order valence-electron chi connectivity index (χ4n) is 3.60. The van der Waals surface area contributed by atoms with E-state index in [2.05, 4.69) is 15.4 Å². The number of hydrogen-bond acceptors (Lipinski definition) is 7. The number of alkyl halides is 1. The van der Waals surface area contributed by atoms with Crippen molar-refractivity contribution in [1.29, 1.82) is 0 Å². The van der Waals surface area contributed by atoms with Crippen molar-refractivity contribution < 1.29 is 13.9 Å². The first kappa shape index (κ1) is 20.7. The summed E-state index contributed by atoms with van der Waals surface area (Å²) in [6.45, 7) is -0.456. The van der Waals surface area contributed by atoms with E-state index in [-0.39, 0.29) is 19.1 Å². The highest BCUT2D eigenvalue weighted by Gasteiger charge is 2.23. The Morgan fingerprint density at radius 3 is 3.00 bits per heavy atom. The van der Waals surface area contributed by atoms with E-state index in [4.69, 9.17) is 14.7 Å². The van der Waals surface area contributed by atoms with E-state index in [0.717, 1.165) is 36.3 Å². The zero-order valence-electron chi connectivity index (χ0n) is 17.5. The van der Waals surface area contributed by atoms with E-state index in [1.807, 2.05) is 11.9 Å². The van der Waals surface area contributed by atoms with Crippen LogP contribution in [-0.4, -0.2) is 57.5 Å². The molecule has 3 aromatic heterocycles. The minimum atomic E-state index is -0.566. The number of hydrogen-bond donors (Lipinski definition) is 1. The van der Waals surface area contributed by atoms with Crippen molar-refractivity contribution in [3.05, 3.63) is 42.0 Å². The Hall–Kier alpha value is -3.56. The highest BCUT2D eigenvalue weighted by Crippen LogP contribution is 2.31. The highest BCUT2D eigenvalue weighted by atomic mass is 19.1. The van der Waals surface area contributed by atoms with Gasteiger partial charge in [0.05, 0.1) is 18.4 Å². The molecule has 31 heavy (non-hydrogen) atoms. The van der Waals surface area contributed by atoms with Crippen LogP contribution in [0.2, 0.25) is 0 Å². The van der Waals surface area contributed by atoms with E-state index in [1.54, 1.807) is 42.5 Å². The lowest BCUT2D eigenvalue weighted by molar-refractivity contribution is -0.114. The summed E-state index contributed by atoms with van der Waals surface area (Å²) in [7, 11) is 3.63. The number of pyridine rings is 1. The van der Waals surface area contributed by atoms with Gasteiger partial charge in [0.2, 0.25) is 5.91 Å². The van der Waals surface area contributed by atoms with Gasteiger partial charge in [0, 0.05) is 43.8 Å². The van der Waals surface area contributed by atoms with Gasteiger partial charge in [-0.2, -0.15) is 5.10 Å². The summed E-state index contributed by atoms with van der Waals surface area (Å²) in [6.07, 6.45) is 7.63. The Morgan fingerprint density at radius 1 is 1.35 bits per heavy atom. The number of aryl methyl sites for hydroxylation is 2. The van der Waals surface area contributed by atoms with Gasteiger partial charge >= 0.3 is 0 Å². The number of ether oxygens (including phenoxy) is 1. The van der Waals surface area contributed by atoms with Crippen molar-refractivity contribution in [3.8, 4) is 17.3 Å². The second-order valence-electron chi connectivity index (χ2n) is 7.37. The minimum absolute atomic E-state index is 0.0193. The topological polar surface area (TPSA) is 98.1 Å². The van der Waals surface area contributed by atoms with Crippen LogP contribution in [-0.2, 0) is 24.7 Å². The second kappa shape index (κ2) is 9.07. The predicted octanol–water partition coefficient (Wildman–Crippen LogP) is 2.18. The fourth-order valence-corrected chi connectivity index (χ4v) is 3.60. The quantitative estimate of drug-likeness (QED) is 0.591. The van der Waals surface area contributed by atoms with Gasteiger partial charge in [-0.3, -0.25) is 14.5 Å². The molecule has 0 unspecified atom stereocenters. The molecule has 0 aromatic carbocycles. The Morgan fingerprint density at radius 2 is 2.23 bits per heavy atom. The number of likely N-dealkylation sites (N-methyl/N-ethyl adjacent to an activating group) is 1. The van der Waals surface area contributed by atoms with Crippen LogP contribution in [0.4, 0.5) is 15.9 Å². The number of nitrogens with zero attached hydrogens (tertiary/aromatic N) is 6. The third kappa shape index (κ3) is 4.79. The summed E-state index contributed by atoms with van der Waals surface area (Å²) in [6, 6.07) is 3.37. The molecule has 10 heteroatoms. The second-order valence-corrected chi connectivity index (χ2v) is 7.37. The number of amides is 1. The van der Waals surface area contributed by atoms with Crippen molar-refractivity contribution >= 4 is 17.4 Å². The smallest absolute Gasteiger partial charge is 0.244 e. The summed E-state index contributed by atoms with van der Waals surface area (Å²) in [5, 5.41) is 6.89. The lowest BCUT2D eigenvalue weighted by Crippen LogP contribution is -2.31. The summed E-state index contributed by atoms with van der Waals surface area (Å²) in [4.78, 5) is 28.1. The number of fused-ring (bicyclic) bond motifs is 1. The molecule has 3 aromatic rings. The highest BCUT2D eigenvalue weighted by molar-refractivity contribution is 5.93. The van der Waals surface area contributed by atoms with Crippen LogP contribution in [0.1, 0.15) is 17.7 Å². The van der Waals surface area contributed by atoms with Crippen LogP contribution in [0.5, 0.6) is 5.75 Å². The normalized spacial score (nSPS) is 12.5. The maximum atomic E-state index is 12.5. The van der Waals surface area contributed by atoms with Crippen molar-refractivity contribution in [2.45, 2.75) is 19.3 Å². The molecule has 0 atom stereocenters. The van der Waals surface area contributed by atoms with Crippen molar-refractivity contribution in [3.63, 3.8) is 0 Å². The summed E-state index contributed by atoms with van der Waals surface area (Å²) < 4.78 is 19.4. The lowest BCUT2D eigenvalue weighted by atomic mass is 10.2. The van der Waals surface area contributed by atoms with E-state index in [9.17, 15) is 9.18 Å². The van der Waals surface area contributed by atoms with Crippen LogP contribution in [0.25, 0.3) is 11.5 Å². The van der Waals surface area contributed by atoms with Gasteiger partial charge in [-0.1, -0.05) is 0 Å². The maximum Gasteiger partial charge on any atom is 0.244 e. The number of carbonyl (C=O) groups excluding carboxylic acids is 1. The Labute approximate surface area is 179 Å². The third-order valence-electron chi connectivity index (χ3n) is 4.95. The first-order valence-corrected chi connectivity index (χ1v) is 10.1. The van der Waals surface area contributed by atoms with E-state index >= 15 is 0 Å². The largest absolute Gasteiger partial charge is 0.491 e. The molecule has 1 N–H and O–H groups in total. The zero-order chi connectivity index (χ0) is 21.8. The summed E-state index contributed by atoms with van der Waals surface area (Å²) in [5.74, 6) is 1.52. The molecule has 4 rings (SSSR count). The molecule has 1 aliphatic rings. The molecular formula is C21H24FN7O2. The van der Waals surface area contributed by atoms with Crippen LogP contribution in [0.15, 0.2) is 30.7 Å². The molecule has 0 aliphatic heterocycles. The number of anilines is 2. The summed E-state index contributed by atoms with van der Waals surface area (Å²) in [5.41, 5.74) is 3.21. The molecule has 3 heterocycles. The molecular weight excluding hydrogens is 401 g/mol. The molecule has 162 valence electrons. The number of nitrogens with one attached hydrogen (secondary N) is 1. The Balaban J connectivity index is 1.57. The summed E-state index contributed by atoms with van der Waals surface area (Å²) >= 11 is 0. The third-order valence-corrected chi connectivity index (χ3v) is 4.95. The zero-order valence-corrected chi connectivity index (χ0v) is 17.5. The van der Waals surface area contributed by atoms with Gasteiger partial charge in [-0.25, -0.2) is 14.4 Å². The predicted molar refractivity (Wildman–Crippen MR) is 114 cm³/mol. The van der Waals surface area contributed by atoms with Gasteiger partial charge in [0.15, 0.2) is 5.82 Å². The standard InChI is InChI=1S/C21H24FN7O2/c1-28(13-19(30)25-14-11-24-29(2)12-14)21-16-4-3-5-17(16)26-20(27-21)18-10-15(6-8-23-18)31-9-7-22/h6,8,10-12H,3-5,7,9,13H2,1-2H3,(H,25,30). The first-order chi connectivity index (χ1) is 15.0. The van der Waals surface area contributed by atoms with Crippen LogP contribution >= 0.6 is 0 Å². The fraction of sp³-hybridized carbons (Fsp3) is 0.381. The average molecular weight is 425 g/mol. The van der Waals surface area contributed by atoms with E-state index < -0.39 is 6.67 Å². The molecule has 1 amide bonds. The lowest BCUT2D eigenvalue weighted by Gasteiger charge is -2.21. The van der Waals surface area contributed by atoms with Crippen molar-refractivity contribution in [2.75, 3.05) is 37.1 Å². The number of aromatic nitrogens is 5. The molecule has 0 bridgehead atoms. The number of rotatable bonds is 8. The maximum absolute atomic E-state index is 12.5. The van der Waals surface area contributed by atoms with Gasteiger partial charge < -0.3 is 15.0 Å². The van der Waals surface area contributed by atoms with E-state index in [0.29, 0.717) is 23.0 Å². The van der Waals surface area contributed by atoms with Gasteiger partial charge in [-0.05, 0) is 25.3 Å². The van der Waals surface area contributed by atoms with Gasteiger partial charge in [0.1, 0.15) is 30.5 Å². The van der Waals surface area contributed by atoms with Gasteiger partial charge in [0.25, 0.3) is 0 Å². The van der Waals surface area contributed by atoms with Crippen LogP contribution in [0.3, 0.4) is 0 Å². The molecule has 0 saturated heterocycles. The number of halogens is 1. The van der Waals surface area contributed by atoms with E-state index in [1.165, 1.54) is 0 Å². The molecule has 0 fully saturated rings. The first-order valence-electron chi connectivity index (χ1n) is 10.1. The van der Waals surface area contributed by atoms with Crippen molar-refractivity contribution in [1.82, 2.24) is 24.7 Å². The molecule has 0 spiro atoms. The molecule has 0 radical (unpaired) electrons. The molecule has 1 aliphatic carbocycles. The average Bonchev–Trinajstić information content (AvgIpc) is 3.40. The number of carbonyl (C=O) groups is 1.